The molecule has 0 aliphatic rings. The van der Waals surface area contributed by atoms with Crippen molar-refractivity contribution in [1.82, 2.24) is 4.72 Å². The monoisotopic (exact) mass is 302 g/mol. The number of anilines is 1. The molecule has 0 fully saturated rings. The molecule has 20 heavy (non-hydrogen) atoms. The van der Waals surface area contributed by atoms with E-state index in [1.807, 2.05) is 13.8 Å². The van der Waals surface area contributed by atoms with Crippen LogP contribution in [0, 0.1) is 5.41 Å². The van der Waals surface area contributed by atoms with Crippen LogP contribution in [0.15, 0.2) is 23.1 Å². The van der Waals surface area contributed by atoms with E-state index in [1.54, 1.807) is 6.07 Å². The van der Waals surface area contributed by atoms with Crippen molar-refractivity contribution in [3.05, 3.63) is 18.2 Å². The van der Waals surface area contributed by atoms with Gasteiger partial charge in [-0.3, -0.25) is 0 Å². The van der Waals surface area contributed by atoms with E-state index in [0.29, 0.717) is 12.2 Å². The van der Waals surface area contributed by atoms with Crippen molar-refractivity contribution < 1.29 is 18.3 Å². The van der Waals surface area contributed by atoms with Crippen LogP contribution >= 0.6 is 0 Å². The maximum absolute atomic E-state index is 12.2. The Balaban J connectivity index is 2.89. The molecule has 0 saturated carbocycles. The summed E-state index contributed by atoms with van der Waals surface area (Å²) in [6.45, 7) is 3.99. The molecule has 0 spiro atoms. The quantitative estimate of drug-likeness (QED) is 0.651. The van der Waals surface area contributed by atoms with Gasteiger partial charge in [0.05, 0.1) is 12.8 Å². The highest BCUT2D eigenvalue weighted by Gasteiger charge is 2.23. The SMILES string of the molecule is COc1ccc(S(=O)(=O)NCC(C)(C)CCO)c(N)c1. The highest BCUT2D eigenvalue weighted by atomic mass is 32.2. The number of hydrogen-bond donors (Lipinski definition) is 3. The van der Waals surface area contributed by atoms with E-state index in [1.165, 1.54) is 19.2 Å². The van der Waals surface area contributed by atoms with Crippen molar-refractivity contribution in [3.8, 4) is 5.75 Å². The van der Waals surface area contributed by atoms with E-state index in [0.717, 1.165) is 0 Å². The fraction of sp³-hybridized carbons (Fsp3) is 0.538. The minimum atomic E-state index is -3.68. The summed E-state index contributed by atoms with van der Waals surface area (Å²) in [6, 6.07) is 4.42. The smallest absolute Gasteiger partial charge is 0.242 e. The van der Waals surface area contributed by atoms with Crippen LogP contribution in [0.1, 0.15) is 20.3 Å². The van der Waals surface area contributed by atoms with Gasteiger partial charge in [-0.2, -0.15) is 0 Å². The zero-order valence-corrected chi connectivity index (χ0v) is 12.8. The summed E-state index contributed by atoms with van der Waals surface area (Å²) in [7, 11) is -2.19. The molecule has 0 atom stereocenters. The van der Waals surface area contributed by atoms with Crippen molar-refractivity contribution >= 4 is 15.7 Å². The lowest BCUT2D eigenvalue weighted by atomic mass is 9.90. The van der Waals surface area contributed by atoms with Gasteiger partial charge in [0, 0.05) is 19.2 Å². The third kappa shape index (κ3) is 4.36. The molecule has 114 valence electrons. The van der Waals surface area contributed by atoms with Crippen LogP contribution in [0.2, 0.25) is 0 Å². The van der Waals surface area contributed by atoms with Crippen LogP contribution in [0.4, 0.5) is 5.69 Å². The normalized spacial score (nSPS) is 12.4. The van der Waals surface area contributed by atoms with Crippen LogP contribution in [0.3, 0.4) is 0 Å². The lowest BCUT2D eigenvalue weighted by Gasteiger charge is -2.24. The summed E-state index contributed by atoms with van der Waals surface area (Å²) in [5, 5.41) is 8.94. The van der Waals surface area contributed by atoms with Gasteiger partial charge >= 0.3 is 0 Å². The van der Waals surface area contributed by atoms with E-state index in [4.69, 9.17) is 15.6 Å². The van der Waals surface area contributed by atoms with Crippen LogP contribution in [-0.4, -0.2) is 33.8 Å². The maximum atomic E-state index is 12.2. The zero-order chi connectivity index (χ0) is 15.4. The third-order valence-corrected chi connectivity index (χ3v) is 4.51. The molecule has 0 amide bonds. The largest absolute Gasteiger partial charge is 0.497 e. The lowest BCUT2D eigenvalue weighted by Crippen LogP contribution is -2.34. The Bertz CT molecular complexity index is 555. The molecule has 0 heterocycles. The number of rotatable bonds is 7. The molecule has 4 N–H and O–H groups in total. The summed E-state index contributed by atoms with van der Waals surface area (Å²) < 4.78 is 31.9. The number of aliphatic hydroxyl groups excluding tert-OH is 1. The van der Waals surface area contributed by atoms with Gasteiger partial charge in [-0.25, -0.2) is 13.1 Å². The molecule has 0 bridgehead atoms. The van der Waals surface area contributed by atoms with Crippen molar-refractivity contribution in [2.45, 2.75) is 25.2 Å². The van der Waals surface area contributed by atoms with E-state index < -0.39 is 10.0 Å². The van der Waals surface area contributed by atoms with Crippen molar-refractivity contribution in [2.24, 2.45) is 5.41 Å². The summed E-state index contributed by atoms with van der Waals surface area (Å²) >= 11 is 0. The molecule has 7 heteroatoms. The number of methoxy groups -OCH3 is 1. The Hall–Kier alpha value is -1.31. The number of benzene rings is 1. The second kappa shape index (κ2) is 6.43. The van der Waals surface area contributed by atoms with E-state index in [-0.39, 0.29) is 29.1 Å². The Morgan fingerprint density at radius 3 is 2.55 bits per heavy atom. The van der Waals surface area contributed by atoms with Gasteiger partial charge in [-0.15, -0.1) is 0 Å². The number of ether oxygens (including phenoxy) is 1. The molecule has 0 aliphatic heterocycles. The molecular weight excluding hydrogens is 280 g/mol. The van der Waals surface area contributed by atoms with Crippen LogP contribution in [-0.2, 0) is 10.0 Å². The van der Waals surface area contributed by atoms with Gasteiger partial charge in [0.1, 0.15) is 10.6 Å². The van der Waals surface area contributed by atoms with Gasteiger partial charge in [0.15, 0.2) is 0 Å². The average Bonchev–Trinajstić information content (AvgIpc) is 2.36. The Kier molecular flexibility index (Phi) is 5.38. The van der Waals surface area contributed by atoms with Gasteiger partial charge in [0.25, 0.3) is 0 Å². The third-order valence-electron chi connectivity index (χ3n) is 3.04. The number of nitrogens with one attached hydrogen (secondary N) is 1. The number of nitrogens with two attached hydrogens (primary N) is 1. The summed E-state index contributed by atoms with van der Waals surface area (Å²) in [6.07, 6.45) is 0.508. The van der Waals surface area contributed by atoms with Gasteiger partial charge in [0.2, 0.25) is 10.0 Å². The molecule has 1 aromatic rings. The molecule has 6 nitrogen and oxygen atoms in total. The van der Waals surface area contributed by atoms with E-state index in [9.17, 15) is 8.42 Å². The fourth-order valence-electron chi connectivity index (χ4n) is 1.66. The first-order valence-electron chi connectivity index (χ1n) is 6.26. The minimum absolute atomic E-state index is 0.0133. The minimum Gasteiger partial charge on any atom is -0.497 e. The fourth-order valence-corrected chi connectivity index (χ4v) is 3.01. The van der Waals surface area contributed by atoms with Crippen LogP contribution in [0.25, 0.3) is 0 Å². The average molecular weight is 302 g/mol. The van der Waals surface area contributed by atoms with Gasteiger partial charge in [-0.1, -0.05) is 13.8 Å². The predicted molar refractivity (Wildman–Crippen MR) is 78.1 cm³/mol. The molecule has 0 saturated heterocycles. The van der Waals surface area contributed by atoms with Crippen molar-refractivity contribution in [2.75, 3.05) is 26.0 Å². The molecule has 0 aliphatic carbocycles. The standard InChI is InChI=1S/C13H22N2O4S/c1-13(2,6-7-16)9-15-20(17,18)12-5-4-10(19-3)8-11(12)14/h4-5,8,15-16H,6-7,9,14H2,1-3H3. The Morgan fingerprint density at radius 2 is 2.05 bits per heavy atom. The number of sulfonamides is 1. The molecule has 0 aromatic heterocycles. The summed E-state index contributed by atoms with van der Waals surface area (Å²) in [4.78, 5) is 0.0260. The van der Waals surface area contributed by atoms with Crippen LogP contribution in [0.5, 0.6) is 5.75 Å². The zero-order valence-electron chi connectivity index (χ0n) is 12.0. The van der Waals surface area contributed by atoms with Gasteiger partial charge in [-0.05, 0) is 24.0 Å². The van der Waals surface area contributed by atoms with Crippen molar-refractivity contribution in [3.63, 3.8) is 0 Å². The topological polar surface area (TPSA) is 102 Å². The summed E-state index contributed by atoms with van der Waals surface area (Å²) in [5.41, 5.74) is 5.55. The number of aliphatic hydroxyl groups is 1. The predicted octanol–water partition coefficient (Wildman–Crippen LogP) is 0.964. The number of nitrogen functional groups attached to an aromatic ring is 1. The second-order valence-electron chi connectivity index (χ2n) is 5.37. The van der Waals surface area contributed by atoms with Crippen molar-refractivity contribution in [1.29, 1.82) is 0 Å². The lowest BCUT2D eigenvalue weighted by molar-refractivity contribution is 0.213. The first kappa shape index (κ1) is 16.7. The first-order valence-corrected chi connectivity index (χ1v) is 7.74. The molecular formula is C13H22N2O4S. The van der Waals surface area contributed by atoms with Crippen LogP contribution < -0.4 is 15.2 Å². The summed E-state index contributed by atoms with van der Waals surface area (Å²) in [5.74, 6) is 0.502. The Labute approximate surface area is 120 Å². The molecule has 1 rings (SSSR count). The maximum Gasteiger partial charge on any atom is 0.242 e. The van der Waals surface area contributed by atoms with E-state index in [2.05, 4.69) is 4.72 Å². The highest BCUT2D eigenvalue weighted by Crippen LogP contribution is 2.25. The molecule has 0 unspecified atom stereocenters. The highest BCUT2D eigenvalue weighted by molar-refractivity contribution is 7.89. The molecule has 1 aromatic carbocycles. The second-order valence-corrected chi connectivity index (χ2v) is 7.10. The number of hydrogen-bond acceptors (Lipinski definition) is 5. The Morgan fingerprint density at radius 1 is 1.40 bits per heavy atom. The van der Waals surface area contributed by atoms with Gasteiger partial charge < -0.3 is 15.6 Å². The first-order chi connectivity index (χ1) is 9.22. The van der Waals surface area contributed by atoms with E-state index >= 15 is 0 Å². The molecule has 0 radical (unpaired) electrons.